The summed E-state index contributed by atoms with van der Waals surface area (Å²) in [7, 11) is -3.62. The number of amides is 1. The molecule has 0 aliphatic carbocycles. The van der Waals surface area contributed by atoms with Crippen LogP contribution >= 0.6 is 11.8 Å². The van der Waals surface area contributed by atoms with Crippen molar-refractivity contribution in [3.05, 3.63) is 89.0 Å². The first-order chi connectivity index (χ1) is 15.1. The fourth-order valence-corrected chi connectivity index (χ4v) is 4.95. The van der Waals surface area contributed by atoms with Gasteiger partial charge in [-0.15, -0.1) is 11.8 Å². The lowest BCUT2D eigenvalue weighted by molar-refractivity contribution is -0.114. The van der Waals surface area contributed by atoms with Crippen LogP contribution in [0.2, 0.25) is 0 Å². The number of hydrogen-bond donors (Lipinski definition) is 1. The fourth-order valence-electron chi connectivity index (χ4n) is 3.24. The zero-order valence-electron chi connectivity index (χ0n) is 18.8. The van der Waals surface area contributed by atoms with Crippen molar-refractivity contribution >= 4 is 39.1 Å². The third kappa shape index (κ3) is 6.37. The van der Waals surface area contributed by atoms with E-state index in [1.54, 1.807) is 23.9 Å². The Kier molecular flexibility index (Phi) is 7.64. The molecule has 5 nitrogen and oxygen atoms in total. The first kappa shape index (κ1) is 23.9. The molecule has 3 aromatic rings. The number of carbonyl (C=O) groups excluding carboxylic acids is 1. The summed E-state index contributed by atoms with van der Waals surface area (Å²) in [5.41, 5.74) is 5.28. The Hall–Kier alpha value is -2.77. The summed E-state index contributed by atoms with van der Waals surface area (Å²) in [4.78, 5) is 13.9. The highest BCUT2D eigenvalue weighted by Crippen LogP contribution is 2.25. The number of anilines is 2. The van der Waals surface area contributed by atoms with Gasteiger partial charge in [0.25, 0.3) is 0 Å². The zero-order chi connectivity index (χ0) is 23.3. The number of carbonyl (C=O) groups is 1. The van der Waals surface area contributed by atoms with Gasteiger partial charge >= 0.3 is 0 Å². The minimum absolute atomic E-state index is 0.285. The Bertz CT molecular complexity index is 1210. The lowest BCUT2D eigenvalue weighted by Gasteiger charge is -2.23. The van der Waals surface area contributed by atoms with E-state index in [9.17, 15) is 13.2 Å². The van der Waals surface area contributed by atoms with Crippen LogP contribution in [0.4, 0.5) is 11.4 Å². The smallest absolute Gasteiger partial charge is 0.245 e. The van der Waals surface area contributed by atoms with Gasteiger partial charge in [-0.3, -0.25) is 9.10 Å². The first-order valence-corrected chi connectivity index (χ1v) is 13.1. The Labute approximate surface area is 194 Å². The van der Waals surface area contributed by atoms with Gasteiger partial charge in [-0.2, -0.15) is 0 Å². The molecule has 32 heavy (non-hydrogen) atoms. The van der Waals surface area contributed by atoms with Crippen LogP contribution in [0.1, 0.15) is 22.3 Å². The van der Waals surface area contributed by atoms with Crippen molar-refractivity contribution in [2.45, 2.75) is 31.4 Å². The second kappa shape index (κ2) is 10.2. The molecule has 0 saturated carbocycles. The number of aryl methyl sites for hydroxylation is 3. The summed E-state index contributed by atoms with van der Waals surface area (Å²) in [6, 6.07) is 21.5. The van der Waals surface area contributed by atoms with Crippen molar-refractivity contribution in [1.29, 1.82) is 0 Å². The lowest BCUT2D eigenvalue weighted by Crippen LogP contribution is -2.37. The van der Waals surface area contributed by atoms with Crippen LogP contribution in [0.5, 0.6) is 0 Å². The molecule has 0 aromatic heterocycles. The number of hydrogen-bond acceptors (Lipinski definition) is 4. The molecule has 0 radical (unpaired) electrons. The monoisotopic (exact) mass is 468 g/mol. The highest BCUT2D eigenvalue weighted by molar-refractivity contribution is 7.98. The van der Waals surface area contributed by atoms with Crippen LogP contribution in [0.3, 0.4) is 0 Å². The Morgan fingerprint density at radius 2 is 1.62 bits per heavy atom. The molecule has 0 heterocycles. The number of rotatable bonds is 8. The summed E-state index contributed by atoms with van der Waals surface area (Å²) >= 11 is 1.75. The summed E-state index contributed by atoms with van der Waals surface area (Å²) in [5, 5.41) is 2.86. The standard InChI is InChI=1S/C25H28N2O3S2/c1-18-10-12-22(15-19(18)2)27(32(4,29)30)16-25(28)26-24-13-11-21(14-20(24)3)17-31-23-8-6-5-7-9-23/h5-15H,16-17H2,1-4H3,(H,26,28). The molecule has 3 aromatic carbocycles. The topological polar surface area (TPSA) is 66.5 Å². The number of nitrogens with one attached hydrogen (secondary N) is 1. The second-order valence-electron chi connectivity index (χ2n) is 7.84. The predicted octanol–water partition coefficient (Wildman–Crippen LogP) is 5.31. The van der Waals surface area contributed by atoms with Gasteiger partial charge in [0.15, 0.2) is 0 Å². The molecule has 1 N–H and O–H groups in total. The Balaban J connectivity index is 1.69. The molecule has 0 aliphatic heterocycles. The van der Waals surface area contributed by atoms with Crippen molar-refractivity contribution in [2.75, 3.05) is 22.4 Å². The quantitative estimate of drug-likeness (QED) is 0.455. The Morgan fingerprint density at radius 1 is 0.906 bits per heavy atom. The SMILES string of the molecule is Cc1ccc(N(CC(=O)Nc2ccc(CSc3ccccc3)cc2C)S(C)(=O)=O)cc1C. The van der Waals surface area contributed by atoms with Crippen LogP contribution < -0.4 is 9.62 Å². The summed E-state index contributed by atoms with van der Waals surface area (Å²) in [6.45, 7) is 5.53. The van der Waals surface area contributed by atoms with E-state index in [0.29, 0.717) is 11.4 Å². The molecule has 1 amide bonds. The lowest BCUT2D eigenvalue weighted by atomic mass is 10.1. The maximum atomic E-state index is 12.7. The number of benzene rings is 3. The zero-order valence-corrected chi connectivity index (χ0v) is 20.4. The van der Waals surface area contributed by atoms with Crippen molar-refractivity contribution in [3.63, 3.8) is 0 Å². The van der Waals surface area contributed by atoms with Gasteiger partial charge in [-0.25, -0.2) is 8.42 Å². The van der Waals surface area contributed by atoms with E-state index < -0.39 is 10.0 Å². The minimum atomic E-state index is -3.62. The first-order valence-electron chi connectivity index (χ1n) is 10.3. The molecule has 7 heteroatoms. The predicted molar refractivity (Wildman–Crippen MR) is 134 cm³/mol. The highest BCUT2D eigenvalue weighted by atomic mass is 32.2. The normalized spacial score (nSPS) is 11.2. The van der Waals surface area contributed by atoms with E-state index in [1.165, 1.54) is 4.90 Å². The molecule has 0 spiro atoms. The average Bonchev–Trinajstić information content (AvgIpc) is 2.74. The summed E-state index contributed by atoms with van der Waals surface area (Å²) in [5.74, 6) is 0.441. The molecule has 0 unspecified atom stereocenters. The molecular weight excluding hydrogens is 440 g/mol. The van der Waals surface area contributed by atoms with Gasteiger partial charge in [-0.1, -0.05) is 36.4 Å². The van der Waals surface area contributed by atoms with Crippen LogP contribution in [-0.4, -0.2) is 27.1 Å². The van der Waals surface area contributed by atoms with E-state index >= 15 is 0 Å². The number of nitrogens with zero attached hydrogens (tertiary/aromatic N) is 1. The largest absolute Gasteiger partial charge is 0.324 e. The maximum absolute atomic E-state index is 12.7. The van der Waals surface area contributed by atoms with Crippen molar-refractivity contribution in [3.8, 4) is 0 Å². The van der Waals surface area contributed by atoms with E-state index in [4.69, 9.17) is 0 Å². The van der Waals surface area contributed by atoms with Crippen molar-refractivity contribution in [1.82, 2.24) is 0 Å². The molecule has 0 bridgehead atoms. The number of thioether (sulfide) groups is 1. The van der Waals surface area contributed by atoms with Gasteiger partial charge in [0.1, 0.15) is 6.54 Å². The average molecular weight is 469 g/mol. The van der Waals surface area contributed by atoms with Crippen LogP contribution in [-0.2, 0) is 20.6 Å². The number of sulfonamides is 1. The summed E-state index contributed by atoms with van der Waals surface area (Å²) < 4.78 is 25.9. The third-order valence-electron chi connectivity index (χ3n) is 5.18. The molecular formula is C25H28N2O3S2. The van der Waals surface area contributed by atoms with Gasteiger partial charge in [0.05, 0.1) is 11.9 Å². The van der Waals surface area contributed by atoms with E-state index in [2.05, 4.69) is 17.4 Å². The van der Waals surface area contributed by atoms with Gasteiger partial charge in [0.2, 0.25) is 15.9 Å². The minimum Gasteiger partial charge on any atom is -0.324 e. The van der Waals surface area contributed by atoms with Crippen LogP contribution in [0.15, 0.2) is 71.6 Å². The molecule has 0 aliphatic rings. The van der Waals surface area contributed by atoms with E-state index in [1.807, 2.05) is 63.2 Å². The fraction of sp³-hybridized carbons (Fsp3) is 0.240. The highest BCUT2D eigenvalue weighted by Gasteiger charge is 2.21. The van der Waals surface area contributed by atoms with E-state index in [0.717, 1.165) is 38.6 Å². The van der Waals surface area contributed by atoms with Crippen LogP contribution in [0, 0.1) is 20.8 Å². The van der Waals surface area contributed by atoms with Crippen molar-refractivity contribution in [2.24, 2.45) is 0 Å². The molecule has 0 saturated heterocycles. The van der Waals surface area contributed by atoms with Gasteiger partial charge in [0, 0.05) is 16.3 Å². The Morgan fingerprint density at radius 3 is 2.25 bits per heavy atom. The molecule has 0 atom stereocenters. The van der Waals surface area contributed by atoms with Crippen molar-refractivity contribution < 1.29 is 13.2 Å². The van der Waals surface area contributed by atoms with Gasteiger partial charge in [-0.05, 0) is 73.4 Å². The molecule has 0 fully saturated rings. The third-order valence-corrected chi connectivity index (χ3v) is 7.40. The van der Waals surface area contributed by atoms with Crippen LogP contribution in [0.25, 0.3) is 0 Å². The molecule has 3 rings (SSSR count). The maximum Gasteiger partial charge on any atom is 0.245 e. The second-order valence-corrected chi connectivity index (χ2v) is 10.8. The summed E-state index contributed by atoms with van der Waals surface area (Å²) in [6.07, 6.45) is 1.11. The van der Waals surface area contributed by atoms with E-state index in [-0.39, 0.29) is 12.5 Å². The molecule has 168 valence electrons. The van der Waals surface area contributed by atoms with Gasteiger partial charge < -0.3 is 5.32 Å².